The maximum atomic E-state index is 11.4. The topological polar surface area (TPSA) is 38.3 Å². The molecular weight excluding hydrogens is 166 g/mol. The fourth-order valence-electron chi connectivity index (χ4n) is 2.77. The first-order valence-corrected chi connectivity index (χ1v) is 5.10. The minimum absolute atomic E-state index is 0.00579. The average molecular weight is 181 g/mol. The standard InChI is InChI=1S/C10H15NO2/c1-13-9(12)8-7-4-6(7)5-10(11-8)2-3-10/h6-8,11H,2-5H2,1H3. The molecule has 3 rings (SSSR count). The van der Waals surface area contributed by atoms with Crippen molar-refractivity contribution >= 4 is 5.97 Å². The van der Waals surface area contributed by atoms with Crippen molar-refractivity contribution in [2.75, 3.05) is 7.11 Å². The van der Waals surface area contributed by atoms with Crippen LogP contribution in [-0.4, -0.2) is 24.7 Å². The van der Waals surface area contributed by atoms with Crippen molar-refractivity contribution in [1.29, 1.82) is 0 Å². The Morgan fingerprint density at radius 1 is 1.54 bits per heavy atom. The van der Waals surface area contributed by atoms with Crippen LogP contribution in [0.5, 0.6) is 0 Å². The van der Waals surface area contributed by atoms with Crippen LogP contribution in [-0.2, 0) is 9.53 Å². The normalized spacial score (nSPS) is 43.9. The third kappa shape index (κ3) is 1.10. The van der Waals surface area contributed by atoms with Gasteiger partial charge in [0.25, 0.3) is 0 Å². The van der Waals surface area contributed by atoms with Gasteiger partial charge in [0.2, 0.25) is 0 Å². The number of carbonyl (C=O) groups is 1. The van der Waals surface area contributed by atoms with E-state index in [0.29, 0.717) is 11.5 Å². The lowest BCUT2D eigenvalue weighted by Gasteiger charge is -2.28. The van der Waals surface area contributed by atoms with Crippen molar-refractivity contribution in [2.24, 2.45) is 11.8 Å². The number of ether oxygens (including phenoxy) is 1. The first-order valence-electron chi connectivity index (χ1n) is 5.10. The second-order valence-electron chi connectivity index (χ2n) is 4.79. The molecule has 3 heteroatoms. The summed E-state index contributed by atoms with van der Waals surface area (Å²) in [6.45, 7) is 0. The summed E-state index contributed by atoms with van der Waals surface area (Å²) in [4.78, 5) is 11.4. The lowest BCUT2D eigenvalue weighted by Crippen LogP contribution is -2.50. The van der Waals surface area contributed by atoms with E-state index in [-0.39, 0.29) is 12.0 Å². The fraction of sp³-hybridized carbons (Fsp3) is 0.900. The predicted molar refractivity (Wildman–Crippen MR) is 47.1 cm³/mol. The molecule has 0 bridgehead atoms. The number of piperidine rings is 1. The third-order valence-corrected chi connectivity index (χ3v) is 3.83. The molecule has 1 aliphatic heterocycles. The van der Waals surface area contributed by atoms with Gasteiger partial charge in [-0.1, -0.05) is 0 Å². The zero-order valence-corrected chi connectivity index (χ0v) is 7.88. The van der Waals surface area contributed by atoms with Gasteiger partial charge >= 0.3 is 5.97 Å². The lowest BCUT2D eigenvalue weighted by atomic mass is 9.97. The molecule has 3 atom stereocenters. The van der Waals surface area contributed by atoms with Gasteiger partial charge in [0.05, 0.1) is 7.11 Å². The van der Waals surface area contributed by atoms with Crippen LogP contribution in [0.2, 0.25) is 0 Å². The van der Waals surface area contributed by atoms with E-state index in [2.05, 4.69) is 5.32 Å². The van der Waals surface area contributed by atoms with Gasteiger partial charge in [0.1, 0.15) is 6.04 Å². The van der Waals surface area contributed by atoms with Crippen LogP contribution in [0.4, 0.5) is 0 Å². The number of methoxy groups -OCH3 is 1. The van der Waals surface area contributed by atoms with E-state index in [1.807, 2.05) is 0 Å². The van der Waals surface area contributed by atoms with Gasteiger partial charge in [-0.15, -0.1) is 0 Å². The van der Waals surface area contributed by atoms with Crippen LogP contribution >= 0.6 is 0 Å². The molecule has 0 aromatic carbocycles. The van der Waals surface area contributed by atoms with Crippen LogP contribution in [0.3, 0.4) is 0 Å². The lowest BCUT2D eigenvalue weighted by molar-refractivity contribution is -0.144. The summed E-state index contributed by atoms with van der Waals surface area (Å²) in [5.41, 5.74) is 0.344. The van der Waals surface area contributed by atoms with Crippen molar-refractivity contribution < 1.29 is 9.53 Å². The molecule has 13 heavy (non-hydrogen) atoms. The Bertz CT molecular complexity index is 260. The van der Waals surface area contributed by atoms with Gasteiger partial charge in [-0.05, 0) is 37.5 Å². The highest BCUT2D eigenvalue weighted by molar-refractivity contribution is 5.77. The van der Waals surface area contributed by atoms with E-state index in [0.717, 1.165) is 5.92 Å². The quantitative estimate of drug-likeness (QED) is 0.605. The second kappa shape index (κ2) is 2.27. The Labute approximate surface area is 77.8 Å². The van der Waals surface area contributed by atoms with Crippen molar-refractivity contribution in [3.63, 3.8) is 0 Å². The summed E-state index contributed by atoms with van der Waals surface area (Å²) >= 11 is 0. The zero-order chi connectivity index (χ0) is 9.05. The highest BCUT2D eigenvalue weighted by Gasteiger charge is 2.60. The molecule has 2 saturated carbocycles. The Morgan fingerprint density at radius 2 is 2.31 bits per heavy atom. The molecule has 72 valence electrons. The number of hydrogen-bond donors (Lipinski definition) is 1. The predicted octanol–water partition coefficient (Wildman–Crippen LogP) is 0.690. The molecule has 1 heterocycles. The minimum Gasteiger partial charge on any atom is -0.468 e. The van der Waals surface area contributed by atoms with Gasteiger partial charge in [-0.2, -0.15) is 0 Å². The number of rotatable bonds is 1. The SMILES string of the molecule is COC(=O)C1NC2(CC2)CC2CC21. The van der Waals surface area contributed by atoms with Crippen LogP contribution in [0.1, 0.15) is 25.7 Å². The van der Waals surface area contributed by atoms with E-state index in [1.165, 1.54) is 32.8 Å². The smallest absolute Gasteiger partial charge is 0.323 e. The molecule has 1 saturated heterocycles. The van der Waals surface area contributed by atoms with Crippen molar-refractivity contribution in [3.05, 3.63) is 0 Å². The monoisotopic (exact) mass is 181 g/mol. The molecule has 3 unspecified atom stereocenters. The number of esters is 1. The molecule has 0 radical (unpaired) electrons. The summed E-state index contributed by atoms with van der Waals surface area (Å²) in [6, 6.07) is 0.00579. The van der Waals surface area contributed by atoms with E-state index < -0.39 is 0 Å². The van der Waals surface area contributed by atoms with Crippen LogP contribution < -0.4 is 5.32 Å². The molecule has 0 aromatic heterocycles. The van der Waals surface area contributed by atoms with Crippen LogP contribution in [0, 0.1) is 11.8 Å². The Hall–Kier alpha value is -0.570. The maximum absolute atomic E-state index is 11.4. The van der Waals surface area contributed by atoms with E-state index in [9.17, 15) is 4.79 Å². The maximum Gasteiger partial charge on any atom is 0.323 e. The largest absolute Gasteiger partial charge is 0.468 e. The molecule has 1 spiro atoms. The number of nitrogens with one attached hydrogen (secondary N) is 1. The summed E-state index contributed by atoms with van der Waals surface area (Å²) in [5.74, 6) is 1.34. The molecule has 0 amide bonds. The summed E-state index contributed by atoms with van der Waals surface area (Å²) in [7, 11) is 1.48. The molecule has 3 nitrogen and oxygen atoms in total. The van der Waals surface area contributed by atoms with E-state index in [1.54, 1.807) is 0 Å². The molecule has 3 fully saturated rings. The Morgan fingerprint density at radius 3 is 2.92 bits per heavy atom. The summed E-state index contributed by atoms with van der Waals surface area (Å²) < 4.78 is 4.81. The summed E-state index contributed by atoms with van der Waals surface area (Å²) in [5, 5.41) is 3.47. The average Bonchev–Trinajstić information content (AvgIpc) is 3.02. The number of fused-ring (bicyclic) bond motifs is 1. The second-order valence-corrected chi connectivity index (χ2v) is 4.79. The number of hydrogen-bond acceptors (Lipinski definition) is 3. The first kappa shape index (κ1) is 7.80. The Kier molecular flexibility index (Phi) is 1.36. The molecule has 3 aliphatic rings. The van der Waals surface area contributed by atoms with E-state index >= 15 is 0 Å². The minimum atomic E-state index is -0.0570. The molecule has 2 aliphatic carbocycles. The highest BCUT2D eigenvalue weighted by atomic mass is 16.5. The summed E-state index contributed by atoms with van der Waals surface area (Å²) in [6.07, 6.45) is 5.03. The van der Waals surface area contributed by atoms with Crippen LogP contribution in [0.15, 0.2) is 0 Å². The number of carbonyl (C=O) groups excluding carboxylic acids is 1. The zero-order valence-electron chi connectivity index (χ0n) is 7.88. The molecular formula is C10H15NO2. The van der Waals surface area contributed by atoms with Gasteiger partial charge in [0.15, 0.2) is 0 Å². The van der Waals surface area contributed by atoms with Crippen molar-refractivity contribution in [3.8, 4) is 0 Å². The fourth-order valence-corrected chi connectivity index (χ4v) is 2.77. The third-order valence-electron chi connectivity index (χ3n) is 3.83. The van der Waals surface area contributed by atoms with Crippen LogP contribution in [0.25, 0.3) is 0 Å². The van der Waals surface area contributed by atoms with Crippen molar-refractivity contribution in [1.82, 2.24) is 5.32 Å². The molecule has 0 aromatic rings. The first-order chi connectivity index (χ1) is 6.24. The van der Waals surface area contributed by atoms with Gasteiger partial charge in [-0.25, -0.2) is 0 Å². The highest BCUT2D eigenvalue weighted by Crippen LogP contribution is 2.57. The van der Waals surface area contributed by atoms with Gasteiger partial charge < -0.3 is 4.74 Å². The van der Waals surface area contributed by atoms with Crippen molar-refractivity contribution in [2.45, 2.75) is 37.3 Å². The molecule has 1 N–H and O–H groups in total. The van der Waals surface area contributed by atoms with Gasteiger partial charge in [0, 0.05) is 5.54 Å². The Balaban J connectivity index is 1.77. The van der Waals surface area contributed by atoms with E-state index in [4.69, 9.17) is 4.74 Å². The van der Waals surface area contributed by atoms with Gasteiger partial charge in [-0.3, -0.25) is 10.1 Å².